The van der Waals surface area contributed by atoms with Crippen LogP contribution in [0.15, 0.2) is 48.5 Å². The zero-order valence-corrected chi connectivity index (χ0v) is 17.9. The molecular weight excluding hydrogens is 388 g/mol. The van der Waals surface area contributed by atoms with E-state index < -0.39 is 0 Å². The normalized spacial score (nSPS) is 18.7. The fourth-order valence-corrected chi connectivity index (χ4v) is 5.07. The van der Waals surface area contributed by atoms with Gasteiger partial charge in [0.2, 0.25) is 5.91 Å². The maximum absolute atomic E-state index is 13.3. The number of hydrogen-bond donors (Lipinski definition) is 2. The van der Waals surface area contributed by atoms with Gasteiger partial charge in [-0.15, -0.1) is 0 Å². The molecule has 6 nitrogen and oxygen atoms in total. The average molecular weight is 417 g/mol. The molecule has 2 aliphatic heterocycles. The maximum atomic E-state index is 13.3. The van der Waals surface area contributed by atoms with Gasteiger partial charge in [0.05, 0.1) is 6.04 Å². The van der Waals surface area contributed by atoms with E-state index in [2.05, 4.69) is 21.3 Å². The second-order valence-electron chi connectivity index (χ2n) is 8.53. The highest BCUT2D eigenvalue weighted by Gasteiger charge is 2.40. The first kappa shape index (κ1) is 19.8. The molecule has 2 aromatic carbocycles. The number of carbonyl (C=O) groups excluding carboxylic acids is 2. The van der Waals surface area contributed by atoms with Crippen LogP contribution >= 0.6 is 0 Å². The summed E-state index contributed by atoms with van der Waals surface area (Å²) >= 11 is 0. The fraction of sp³-hybridized carbons (Fsp3) is 0.360. The minimum absolute atomic E-state index is 0.0527. The fourth-order valence-electron chi connectivity index (χ4n) is 5.07. The number of carbonyl (C=O) groups is 2. The van der Waals surface area contributed by atoms with Crippen LogP contribution in [0.1, 0.15) is 46.1 Å². The van der Waals surface area contributed by atoms with Gasteiger partial charge in [0, 0.05) is 40.8 Å². The summed E-state index contributed by atoms with van der Waals surface area (Å²) in [6.45, 7) is 5.79. The van der Waals surface area contributed by atoms with E-state index in [9.17, 15) is 9.59 Å². The summed E-state index contributed by atoms with van der Waals surface area (Å²) in [4.78, 5) is 33.6. The molecule has 5 rings (SSSR count). The lowest BCUT2D eigenvalue weighted by molar-refractivity contribution is -0.122. The molecule has 0 aliphatic carbocycles. The van der Waals surface area contributed by atoms with Crippen molar-refractivity contribution in [2.24, 2.45) is 0 Å². The Morgan fingerprint density at radius 2 is 1.84 bits per heavy atom. The number of benzene rings is 2. The Morgan fingerprint density at radius 1 is 1.10 bits per heavy atom. The number of para-hydroxylation sites is 1. The van der Waals surface area contributed by atoms with E-state index in [1.54, 1.807) is 4.90 Å². The van der Waals surface area contributed by atoms with E-state index in [0.717, 1.165) is 47.4 Å². The summed E-state index contributed by atoms with van der Waals surface area (Å²) in [5, 5.41) is 4.11. The van der Waals surface area contributed by atoms with Gasteiger partial charge in [0.25, 0.3) is 5.91 Å². The Kier molecular flexibility index (Phi) is 5.24. The zero-order chi connectivity index (χ0) is 21.4. The van der Waals surface area contributed by atoms with E-state index >= 15 is 0 Å². The van der Waals surface area contributed by atoms with E-state index in [4.69, 9.17) is 0 Å². The first-order chi connectivity index (χ1) is 15.1. The third-order valence-electron chi connectivity index (χ3n) is 6.54. The molecule has 2 aliphatic rings. The number of nitrogens with zero attached hydrogens (tertiary/aromatic N) is 2. The van der Waals surface area contributed by atoms with E-state index in [-0.39, 0.29) is 24.4 Å². The summed E-state index contributed by atoms with van der Waals surface area (Å²) in [6.07, 6.45) is 2.47. The number of amides is 2. The minimum atomic E-state index is -0.274. The largest absolute Gasteiger partial charge is 0.358 e. The van der Waals surface area contributed by atoms with Crippen LogP contribution in [-0.4, -0.2) is 59.3 Å². The summed E-state index contributed by atoms with van der Waals surface area (Å²) in [5.74, 6) is -0.192. The first-order valence-corrected chi connectivity index (χ1v) is 11.1. The standard InChI is InChI=1S/C25H28N4O2/c1-17-23(20-10-4-5-11-21(20)27-17)24-18-8-2-3-9-19(18)25(31)29(24)16-22(30)26-12-15-28-13-6-7-14-28/h2-5,8-11,24,27H,6-7,12-16H2,1H3,(H,26,30)/t24-/m1/s1. The van der Waals surface area contributed by atoms with Crippen LogP contribution in [0.2, 0.25) is 0 Å². The first-order valence-electron chi connectivity index (χ1n) is 11.1. The molecule has 0 spiro atoms. The van der Waals surface area contributed by atoms with Crippen LogP contribution < -0.4 is 5.32 Å². The van der Waals surface area contributed by atoms with E-state index in [1.807, 2.05) is 49.4 Å². The van der Waals surface area contributed by atoms with Gasteiger partial charge in [0.15, 0.2) is 0 Å². The topological polar surface area (TPSA) is 68.4 Å². The molecule has 3 heterocycles. The van der Waals surface area contributed by atoms with Gasteiger partial charge in [-0.2, -0.15) is 0 Å². The lowest BCUT2D eigenvalue weighted by Gasteiger charge is -2.26. The molecule has 6 heteroatoms. The van der Waals surface area contributed by atoms with E-state index in [0.29, 0.717) is 12.1 Å². The molecule has 0 bridgehead atoms. The van der Waals surface area contributed by atoms with Gasteiger partial charge >= 0.3 is 0 Å². The number of likely N-dealkylation sites (tertiary alicyclic amines) is 1. The van der Waals surface area contributed by atoms with Gasteiger partial charge in [-0.3, -0.25) is 9.59 Å². The third-order valence-corrected chi connectivity index (χ3v) is 6.54. The van der Waals surface area contributed by atoms with Crippen molar-refractivity contribution in [1.82, 2.24) is 20.1 Å². The molecule has 2 amide bonds. The minimum Gasteiger partial charge on any atom is -0.358 e. The number of fused-ring (bicyclic) bond motifs is 2. The molecule has 160 valence electrons. The Labute approximate surface area is 182 Å². The molecule has 0 unspecified atom stereocenters. The van der Waals surface area contributed by atoms with Gasteiger partial charge in [-0.05, 0) is 50.6 Å². The lowest BCUT2D eigenvalue weighted by atomic mass is 9.95. The van der Waals surface area contributed by atoms with Crippen LogP contribution in [0.3, 0.4) is 0 Å². The van der Waals surface area contributed by atoms with Gasteiger partial charge < -0.3 is 20.1 Å². The van der Waals surface area contributed by atoms with Crippen molar-refractivity contribution < 1.29 is 9.59 Å². The second kappa shape index (κ2) is 8.19. The van der Waals surface area contributed by atoms with Gasteiger partial charge in [0.1, 0.15) is 6.54 Å². The third kappa shape index (κ3) is 3.61. The molecule has 2 N–H and O–H groups in total. The van der Waals surface area contributed by atoms with Crippen LogP contribution in [0.4, 0.5) is 0 Å². The highest BCUT2D eigenvalue weighted by molar-refractivity contribution is 6.02. The quantitative estimate of drug-likeness (QED) is 0.648. The number of aryl methyl sites for hydroxylation is 1. The summed E-state index contributed by atoms with van der Waals surface area (Å²) in [7, 11) is 0. The number of rotatable bonds is 6. The Hall–Kier alpha value is -3.12. The van der Waals surface area contributed by atoms with Crippen LogP contribution in [-0.2, 0) is 4.79 Å². The second-order valence-corrected chi connectivity index (χ2v) is 8.53. The molecule has 1 atom stereocenters. The number of aromatic nitrogens is 1. The molecule has 1 aromatic heterocycles. The summed E-state index contributed by atoms with van der Waals surface area (Å²) in [5.41, 5.74) is 4.78. The van der Waals surface area contributed by atoms with Crippen molar-refractivity contribution in [3.05, 3.63) is 70.9 Å². The predicted octanol–water partition coefficient (Wildman–Crippen LogP) is 3.23. The van der Waals surface area contributed by atoms with Crippen molar-refractivity contribution in [2.75, 3.05) is 32.7 Å². The molecule has 3 aromatic rings. The highest BCUT2D eigenvalue weighted by atomic mass is 16.2. The Balaban J connectivity index is 1.42. The monoisotopic (exact) mass is 416 g/mol. The molecule has 31 heavy (non-hydrogen) atoms. The van der Waals surface area contributed by atoms with Crippen molar-refractivity contribution >= 4 is 22.7 Å². The number of aromatic amines is 1. The zero-order valence-electron chi connectivity index (χ0n) is 17.9. The lowest BCUT2D eigenvalue weighted by Crippen LogP contribution is -2.42. The number of H-pyrrole nitrogens is 1. The molecule has 0 radical (unpaired) electrons. The van der Waals surface area contributed by atoms with Gasteiger partial charge in [-0.25, -0.2) is 0 Å². The number of hydrogen-bond acceptors (Lipinski definition) is 3. The van der Waals surface area contributed by atoms with Crippen LogP contribution in [0.5, 0.6) is 0 Å². The molecule has 1 fully saturated rings. The molecular formula is C25H28N4O2. The van der Waals surface area contributed by atoms with Crippen LogP contribution in [0.25, 0.3) is 10.9 Å². The van der Waals surface area contributed by atoms with Crippen molar-refractivity contribution in [3.8, 4) is 0 Å². The van der Waals surface area contributed by atoms with E-state index in [1.165, 1.54) is 12.8 Å². The number of nitrogens with one attached hydrogen (secondary N) is 2. The summed E-state index contributed by atoms with van der Waals surface area (Å²) < 4.78 is 0. The highest BCUT2D eigenvalue weighted by Crippen LogP contribution is 2.42. The Bertz CT molecular complexity index is 1130. The van der Waals surface area contributed by atoms with Crippen molar-refractivity contribution in [1.29, 1.82) is 0 Å². The molecule has 1 saturated heterocycles. The van der Waals surface area contributed by atoms with Crippen molar-refractivity contribution in [3.63, 3.8) is 0 Å². The average Bonchev–Trinajstić information content (AvgIpc) is 3.46. The van der Waals surface area contributed by atoms with Crippen molar-refractivity contribution in [2.45, 2.75) is 25.8 Å². The Morgan fingerprint density at radius 3 is 2.68 bits per heavy atom. The molecule has 0 saturated carbocycles. The predicted molar refractivity (Wildman–Crippen MR) is 121 cm³/mol. The van der Waals surface area contributed by atoms with Crippen LogP contribution in [0, 0.1) is 6.92 Å². The summed E-state index contributed by atoms with van der Waals surface area (Å²) in [6, 6.07) is 15.6. The van der Waals surface area contributed by atoms with Gasteiger partial charge in [-0.1, -0.05) is 36.4 Å². The maximum Gasteiger partial charge on any atom is 0.255 e. The SMILES string of the molecule is Cc1[nH]c2ccccc2c1[C@H]1c2ccccc2C(=O)N1CC(=O)NCCN1CCCC1. The smallest absolute Gasteiger partial charge is 0.255 e.